The van der Waals surface area contributed by atoms with Crippen LogP contribution in [0.25, 0.3) is 0 Å². The molecule has 0 aromatic heterocycles. The molecule has 0 heterocycles. The number of carbonyl (C=O) groups is 1. The van der Waals surface area contributed by atoms with Crippen molar-refractivity contribution in [1.29, 1.82) is 0 Å². The van der Waals surface area contributed by atoms with Crippen molar-refractivity contribution in [2.75, 3.05) is 17.9 Å². The van der Waals surface area contributed by atoms with Crippen molar-refractivity contribution in [3.63, 3.8) is 0 Å². The molecule has 0 aliphatic carbocycles. The standard InChI is InChI=1S/C26H30N2O4S/c1-17-7-10-23(14-20(17)4)28-33(30,31)25-16-22(9-6-19(25)3)26(29)27-12-13-32-24-11-8-18(2)21(5)15-24/h6-11,14-16,28H,12-13H2,1-5H3,(H,27,29). The molecule has 0 fully saturated rings. The molecule has 0 bridgehead atoms. The third-order valence-corrected chi connectivity index (χ3v) is 7.16. The minimum absolute atomic E-state index is 0.0692. The van der Waals surface area contributed by atoms with E-state index in [0.717, 1.165) is 22.4 Å². The maximum absolute atomic E-state index is 13.0. The van der Waals surface area contributed by atoms with Gasteiger partial charge in [-0.3, -0.25) is 9.52 Å². The van der Waals surface area contributed by atoms with Gasteiger partial charge in [0.2, 0.25) is 0 Å². The Hall–Kier alpha value is -3.32. The van der Waals surface area contributed by atoms with Crippen LogP contribution in [0, 0.1) is 34.6 Å². The van der Waals surface area contributed by atoms with Crippen LogP contribution >= 0.6 is 0 Å². The Morgan fingerprint density at radius 3 is 2.09 bits per heavy atom. The molecule has 7 heteroatoms. The Morgan fingerprint density at radius 2 is 1.42 bits per heavy atom. The lowest BCUT2D eigenvalue weighted by Gasteiger charge is -2.13. The first-order valence-corrected chi connectivity index (χ1v) is 12.2. The molecule has 6 nitrogen and oxygen atoms in total. The van der Waals surface area contributed by atoms with Crippen molar-refractivity contribution in [1.82, 2.24) is 5.32 Å². The van der Waals surface area contributed by atoms with Gasteiger partial charge in [-0.05, 0) is 98.8 Å². The predicted molar refractivity (Wildman–Crippen MR) is 132 cm³/mol. The zero-order valence-corrected chi connectivity index (χ0v) is 20.5. The highest BCUT2D eigenvalue weighted by Gasteiger charge is 2.19. The second-order valence-corrected chi connectivity index (χ2v) is 9.89. The highest BCUT2D eigenvalue weighted by molar-refractivity contribution is 7.92. The second kappa shape index (κ2) is 10.1. The summed E-state index contributed by atoms with van der Waals surface area (Å²) in [6, 6.07) is 15.9. The summed E-state index contributed by atoms with van der Waals surface area (Å²) >= 11 is 0. The van der Waals surface area contributed by atoms with Crippen LogP contribution in [0.2, 0.25) is 0 Å². The molecule has 0 saturated heterocycles. The van der Waals surface area contributed by atoms with E-state index in [1.807, 2.05) is 52.0 Å². The molecule has 2 N–H and O–H groups in total. The van der Waals surface area contributed by atoms with Crippen LogP contribution in [0.15, 0.2) is 59.5 Å². The van der Waals surface area contributed by atoms with Gasteiger partial charge in [-0.15, -0.1) is 0 Å². The van der Waals surface area contributed by atoms with E-state index in [0.29, 0.717) is 24.4 Å². The van der Waals surface area contributed by atoms with Gasteiger partial charge in [-0.2, -0.15) is 0 Å². The van der Waals surface area contributed by atoms with Crippen LogP contribution in [0.5, 0.6) is 5.75 Å². The lowest BCUT2D eigenvalue weighted by molar-refractivity contribution is 0.0946. The number of aryl methyl sites for hydroxylation is 5. The Kier molecular flexibility index (Phi) is 7.43. The smallest absolute Gasteiger partial charge is 0.262 e. The molecule has 0 aliphatic heterocycles. The van der Waals surface area contributed by atoms with Gasteiger partial charge >= 0.3 is 0 Å². The number of hydrogen-bond donors (Lipinski definition) is 2. The Labute approximate surface area is 196 Å². The second-order valence-electron chi connectivity index (χ2n) is 8.24. The van der Waals surface area contributed by atoms with Crippen LogP contribution < -0.4 is 14.8 Å². The molecule has 3 aromatic carbocycles. The van der Waals surface area contributed by atoms with E-state index in [9.17, 15) is 13.2 Å². The lowest BCUT2D eigenvalue weighted by Crippen LogP contribution is -2.28. The van der Waals surface area contributed by atoms with Crippen LogP contribution in [0.3, 0.4) is 0 Å². The topological polar surface area (TPSA) is 84.5 Å². The van der Waals surface area contributed by atoms with Gasteiger partial charge in [0.15, 0.2) is 0 Å². The van der Waals surface area contributed by atoms with Crippen LogP contribution in [-0.4, -0.2) is 27.5 Å². The van der Waals surface area contributed by atoms with E-state index in [2.05, 4.69) is 10.0 Å². The fourth-order valence-electron chi connectivity index (χ4n) is 3.29. The fraction of sp³-hybridized carbons (Fsp3) is 0.269. The normalized spacial score (nSPS) is 11.2. The number of carbonyl (C=O) groups excluding carboxylic acids is 1. The summed E-state index contributed by atoms with van der Waals surface area (Å²) in [5.74, 6) is 0.384. The van der Waals surface area contributed by atoms with Gasteiger partial charge in [0, 0.05) is 11.3 Å². The molecule has 0 spiro atoms. The summed E-state index contributed by atoms with van der Waals surface area (Å²) in [7, 11) is -3.85. The third-order valence-electron chi connectivity index (χ3n) is 5.63. The van der Waals surface area contributed by atoms with Crippen LogP contribution in [0.1, 0.15) is 38.2 Å². The highest BCUT2D eigenvalue weighted by atomic mass is 32.2. The summed E-state index contributed by atoms with van der Waals surface area (Å²) in [4.78, 5) is 12.7. The van der Waals surface area contributed by atoms with Crippen molar-refractivity contribution in [3.05, 3.63) is 88.0 Å². The molecule has 1 amide bonds. The van der Waals surface area contributed by atoms with E-state index >= 15 is 0 Å². The minimum Gasteiger partial charge on any atom is -0.492 e. The maximum Gasteiger partial charge on any atom is 0.262 e. The third kappa shape index (κ3) is 6.14. The van der Waals surface area contributed by atoms with E-state index in [-0.39, 0.29) is 16.4 Å². The average molecular weight is 467 g/mol. The number of benzene rings is 3. The summed E-state index contributed by atoms with van der Waals surface area (Å²) in [6.45, 7) is 10.2. The van der Waals surface area contributed by atoms with Crippen molar-refractivity contribution in [2.24, 2.45) is 0 Å². The Balaban J connectivity index is 1.66. The molecule has 0 unspecified atom stereocenters. The molecule has 174 valence electrons. The number of anilines is 1. The van der Waals surface area contributed by atoms with Gasteiger partial charge in [0.25, 0.3) is 15.9 Å². The number of hydrogen-bond acceptors (Lipinski definition) is 4. The highest BCUT2D eigenvalue weighted by Crippen LogP contribution is 2.22. The molecular formula is C26H30N2O4S. The maximum atomic E-state index is 13.0. The molecular weight excluding hydrogens is 436 g/mol. The number of sulfonamides is 1. The largest absolute Gasteiger partial charge is 0.492 e. The minimum atomic E-state index is -3.85. The number of nitrogens with one attached hydrogen (secondary N) is 2. The first-order valence-electron chi connectivity index (χ1n) is 10.8. The van der Waals surface area contributed by atoms with Gasteiger partial charge in [-0.1, -0.05) is 18.2 Å². The summed E-state index contributed by atoms with van der Waals surface area (Å²) in [5, 5.41) is 2.78. The molecule has 3 rings (SSSR count). The number of ether oxygens (including phenoxy) is 1. The summed E-state index contributed by atoms with van der Waals surface area (Å²) in [6.07, 6.45) is 0. The van der Waals surface area contributed by atoms with E-state index in [4.69, 9.17) is 4.74 Å². The first-order chi connectivity index (χ1) is 15.6. The Morgan fingerprint density at radius 1 is 0.788 bits per heavy atom. The molecule has 0 saturated carbocycles. The van der Waals surface area contributed by atoms with Gasteiger partial charge < -0.3 is 10.1 Å². The zero-order chi connectivity index (χ0) is 24.2. The zero-order valence-electron chi connectivity index (χ0n) is 19.7. The number of amides is 1. The fourth-order valence-corrected chi connectivity index (χ4v) is 4.61. The molecule has 0 radical (unpaired) electrons. The average Bonchev–Trinajstić information content (AvgIpc) is 2.76. The van der Waals surface area contributed by atoms with Gasteiger partial charge in [-0.25, -0.2) is 8.42 Å². The molecule has 0 aliphatic rings. The van der Waals surface area contributed by atoms with Gasteiger partial charge in [0.05, 0.1) is 11.4 Å². The van der Waals surface area contributed by atoms with E-state index in [1.165, 1.54) is 11.6 Å². The predicted octanol–water partition coefficient (Wildman–Crippen LogP) is 4.84. The first kappa shape index (κ1) is 24.3. The summed E-state index contributed by atoms with van der Waals surface area (Å²) < 4.78 is 34.3. The van der Waals surface area contributed by atoms with Crippen LogP contribution in [-0.2, 0) is 10.0 Å². The Bertz CT molecular complexity index is 1280. The van der Waals surface area contributed by atoms with Crippen molar-refractivity contribution in [3.8, 4) is 5.75 Å². The SMILES string of the molecule is Cc1ccc(NS(=O)(=O)c2cc(C(=O)NCCOc3ccc(C)c(C)c3)ccc2C)cc1C. The van der Waals surface area contributed by atoms with Crippen molar-refractivity contribution < 1.29 is 17.9 Å². The van der Waals surface area contributed by atoms with Gasteiger partial charge in [0.1, 0.15) is 12.4 Å². The molecule has 3 aromatic rings. The molecule has 33 heavy (non-hydrogen) atoms. The van der Waals surface area contributed by atoms with Crippen molar-refractivity contribution in [2.45, 2.75) is 39.5 Å². The number of rotatable bonds is 8. The van der Waals surface area contributed by atoms with E-state index < -0.39 is 10.0 Å². The van der Waals surface area contributed by atoms with Crippen LogP contribution in [0.4, 0.5) is 5.69 Å². The molecule has 0 atom stereocenters. The monoisotopic (exact) mass is 466 g/mol. The lowest BCUT2D eigenvalue weighted by atomic mass is 10.1. The van der Waals surface area contributed by atoms with Crippen molar-refractivity contribution >= 4 is 21.6 Å². The van der Waals surface area contributed by atoms with E-state index in [1.54, 1.807) is 31.2 Å². The summed E-state index contributed by atoms with van der Waals surface area (Å²) in [5.41, 5.74) is 5.70. The quantitative estimate of drug-likeness (QED) is 0.465.